The second-order valence-corrected chi connectivity index (χ2v) is 6.23. The Bertz CT molecular complexity index is 528. The third-order valence-corrected chi connectivity index (χ3v) is 4.38. The number of likely N-dealkylation sites (N-methyl/N-ethyl adjacent to an activating group) is 1. The smallest absolute Gasteiger partial charge is 0.242 e. The summed E-state index contributed by atoms with van der Waals surface area (Å²) in [6, 6.07) is 8.54. The summed E-state index contributed by atoms with van der Waals surface area (Å²) >= 11 is 0. The molecule has 1 unspecified atom stereocenters. The van der Waals surface area contributed by atoms with E-state index in [1.54, 1.807) is 0 Å². The number of hydrogen-bond donors (Lipinski definition) is 2. The van der Waals surface area contributed by atoms with Crippen molar-refractivity contribution in [3.05, 3.63) is 35.4 Å². The van der Waals surface area contributed by atoms with Crippen molar-refractivity contribution in [2.24, 2.45) is 0 Å². The van der Waals surface area contributed by atoms with Crippen molar-refractivity contribution >= 4 is 11.8 Å². The highest BCUT2D eigenvalue weighted by molar-refractivity contribution is 5.84. The number of carbonyl (C=O) groups excluding carboxylic acids is 2. The molecule has 1 heterocycles. The quantitative estimate of drug-likeness (QED) is 0.830. The van der Waals surface area contributed by atoms with Gasteiger partial charge in [-0.05, 0) is 38.8 Å². The van der Waals surface area contributed by atoms with Crippen LogP contribution in [-0.4, -0.2) is 49.4 Å². The standard InChI is InChI=1S/C18H27N3O2/c1-14-5-7-15(8-6-14)9-10-17(22)20-12-18(23)21-11-3-4-16(13-21)19-2/h5-8,16,19H,3-4,9-13H2,1-2H3,(H,20,22). The maximum atomic E-state index is 12.2. The van der Waals surface area contributed by atoms with Gasteiger partial charge < -0.3 is 15.5 Å². The summed E-state index contributed by atoms with van der Waals surface area (Å²) in [5.41, 5.74) is 2.36. The van der Waals surface area contributed by atoms with Crippen LogP contribution in [-0.2, 0) is 16.0 Å². The number of carbonyl (C=O) groups is 2. The number of piperidine rings is 1. The molecular weight excluding hydrogens is 290 g/mol. The fourth-order valence-electron chi connectivity index (χ4n) is 2.83. The number of benzene rings is 1. The molecule has 1 aromatic carbocycles. The van der Waals surface area contributed by atoms with Gasteiger partial charge in [-0.3, -0.25) is 9.59 Å². The average Bonchev–Trinajstić information content (AvgIpc) is 2.59. The molecule has 0 aromatic heterocycles. The fraction of sp³-hybridized carbons (Fsp3) is 0.556. The molecule has 2 amide bonds. The third-order valence-electron chi connectivity index (χ3n) is 4.38. The summed E-state index contributed by atoms with van der Waals surface area (Å²) in [4.78, 5) is 25.9. The molecule has 1 aromatic rings. The van der Waals surface area contributed by atoms with Gasteiger partial charge in [-0.25, -0.2) is 0 Å². The Morgan fingerprint density at radius 1 is 1.26 bits per heavy atom. The summed E-state index contributed by atoms with van der Waals surface area (Å²) in [6.07, 6.45) is 3.23. The Hall–Kier alpha value is -1.88. The number of nitrogens with one attached hydrogen (secondary N) is 2. The van der Waals surface area contributed by atoms with Gasteiger partial charge in [0.05, 0.1) is 6.54 Å². The summed E-state index contributed by atoms with van der Waals surface area (Å²) in [5, 5.41) is 5.96. The molecule has 1 atom stereocenters. The van der Waals surface area contributed by atoms with Gasteiger partial charge in [0.15, 0.2) is 0 Å². The lowest BCUT2D eigenvalue weighted by Crippen LogP contribution is -2.49. The maximum Gasteiger partial charge on any atom is 0.242 e. The summed E-state index contributed by atoms with van der Waals surface area (Å²) in [5.74, 6) is -0.0604. The van der Waals surface area contributed by atoms with E-state index in [0.29, 0.717) is 18.9 Å². The lowest BCUT2D eigenvalue weighted by Gasteiger charge is -2.32. The summed E-state index contributed by atoms with van der Waals surface area (Å²) < 4.78 is 0. The predicted molar refractivity (Wildman–Crippen MR) is 91.2 cm³/mol. The molecule has 0 bridgehead atoms. The molecule has 2 N–H and O–H groups in total. The van der Waals surface area contributed by atoms with Gasteiger partial charge in [0.2, 0.25) is 11.8 Å². The van der Waals surface area contributed by atoms with Gasteiger partial charge in [0.25, 0.3) is 0 Å². The number of nitrogens with zero attached hydrogens (tertiary/aromatic N) is 1. The lowest BCUT2D eigenvalue weighted by molar-refractivity contribution is -0.133. The normalized spacial score (nSPS) is 17.8. The van der Waals surface area contributed by atoms with Crippen LogP contribution < -0.4 is 10.6 Å². The SMILES string of the molecule is CNC1CCCN(C(=O)CNC(=O)CCc2ccc(C)cc2)C1. The van der Waals surface area contributed by atoms with Crippen LogP contribution in [0.2, 0.25) is 0 Å². The van der Waals surface area contributed by atoms with Gasteiger partial charge in [-0.2, -0.15) is 0 Å². The number of likely N-dealkylation sites (tertiary alicyclic amines) is 1. The van der Waals surface area contributed by atoms with Crippen LogP contribution in [0.5, 0.6) is 0 Å². The number of aryl methyl sites for hydroxylation is 2. The van der Waals surface area contributed by atoms with Crippen molar-refractivity contribution < 1.29 is 9.59 Å². The number of hydrogen-bond acceptors (Lipinski definition) is 3. The Morgan fingerprint density at radius 2 is 2.00 bits per heavy atom. The molecule has 0 radical (unpaired) electrons. The minimum atomic E-state index is -0.0684. The highest BCUT2D eigenvalue weighted by Gasteiger charge is 2.22. The van der Waals surface area contributed by atoms with Gasteiger partial charge in [0.1, 0.15) is 0 Å². The van der Waals surface area contributed by atoms with E-state index < -0.39 is 0 Å². The molecule has 0 spiro atoms. The van der Waals surface area contributed by atoms with Crippen LogP contribution >= 0.6 is 0 Å². The molecule has 126 valence electrons. The second-order valence-electron chi connectivity index (χ2n) is 6.23. The monoisotopic (exact) mass is 317 g/mol. The van der Waals surface area contributed by atoms with E-state index in [4.69, 9.17) is 0 Å². The first kappa shape index (κ1) is 17.5. The van der Waals surface area contributed by atoms with Gasteiger partial charge in [0, 0.05) is 25.6 Å². The van der Waals surface area contributed by atoms with Crippen molar-refractivity contribution in [1.82, 2.24) is 15.5 Å². The maximum absolute atomic E-state index is 12.2. The van der Waals surface area contributed by atoms with Gasteiger partial charge in [-0.15, -0.1) is 0 Å². The molecule has 1 aliphatic heterocycles. The van der Waals surface area contributed by atoms with E-state index in [2.05, 4.69) is 10.6 Å². The minimum Gasteiger partial charge on any atom is -0.347 e. The third kappa shape index (κ3) is 5.67. The lowest BCUT2D eigenvalue weighted by atomic mass is 10.1. The average molecular weight is 317 g/mol. The first-order valence-corrected chi connectivity index (χ1v) is 8.36. The van der Waals surface area contributed by atoms with Crippen molar-refractivity contribution in [1.29, 1.82) is 0 Å². The van der Waals surface area contributed by atoms with E-state index in [0.717, 1.165) is 31.5 Å². The highest BCUT2D eigenvalue weighted by atomic mass is 16.2. The minimum absolute atomic E-state index is 0.00800. The molecule has 1 aliphatic rings. The molecule has 1 fully saturated rings. The van der Waals surface area contributed by atoms with E-state index in [1.807, 2.05) is 43.1 Å². The fourth-order valence-corrected chi connectivity index (χ4v) is 2.83. The Balaban J connectivity index is 1.69. The topological polar surface area (TPSA) is 61.4 Å². The number of rotatable bonds is 6. The molecule has 5 nitrogen and oxygen atoms in total. The van der Waals surface area contributed by atoms with E-state index in [9.17, 15) is 9.59 Å². The van der Waals surface area contributed by atoms with Crippen LogP contribution in [0, 0.1) is 6.92 Å². The Morgan fingerprint density at radius 3 is 2.70 bits per heavy atom. The summed E-state index contributed by atoms with van der Waals surface area (Å²) in [7, 11) is 1.92. The highest BCUT2D eigenvalue weighted by Crippen LogP contribution is 2.09. The Labute approximate surface area is 138 Å². The van der Waals surface area contributed by atoms with Crippen molar-refractivity contribution in [3.8, 4) is 0 Å². The molecule has 0 saturated carbocycles. The van der Waals surface area contributed by atoms with E-state index in [-0.39, 0.29) is 18.4 Å². The number of amides is 2. The van der Waals surface area contributed by atoms with Gasteiger partial charge >= 0.3 is 0 Å². The van der Waals surface area contributed by atoms with Crippen molar-refractivity contribution in [2.75, 3.05) is 26.7 Å². The first-order valence-electron chi connectivity index (χ1n) is 8.36. The molecule has 0 aliphatic carbocycles. The van der Waals surface area contributed by atoms with Crippen LogP contribution in [0.15, 0.2) is 24.3 Å². The zero-order valence-corrected chi connectivity index (χ0v) is 14.1. The van der Waals surface area contributed by atoms with Gasteiger partial charge in [-0.1, -0.05) is 29.8 Å². The first-order chi connectivity index (χ1) is 11.1. The molecule has 2 rings (SSSR count). The Kier molecular flexibility index (Phi) is 6.59. The predicted octanol–water partition coefficient (Wildman–Crippen LogP) is 1.25. The molecular formula is C18H27N3O2. The molecule has 1 saturated heterocycles. The zero-order chi connectivity index (χ0) is 16.7. The van der Waals surface area contributed by atoms with Crippen LogP contribution in [0.1, 0.15) is 30.4 Å². The van der Waals surface area contributed by atoms with Crippen molar-refractivity contribution in [2.45, 2.75) is 38.6 Å². The largest absolute Gasteiger partial charge is 0.347 e. The van der Waals surface area contributed by atoms with Crippen LogP contribution in [0.3, 0.4) is 0 Å². The van der Waals surface area contributed by atoms with E-state index in [1.165, 1.54) is 5.56 Å². The zero-order valence-electron chi connectivity index (χ0n) is 14.1. The van der Waals surface area contributed by atoms with E-state index >= 15 is 0 Å². The van der Waals surface area contributed by atoms with Crippen LogP contribution in [0.4, 0.5) is 0 Å². The molecule has 5 heteroatoms. The molecule has 23 heavy (non-hydrogen) atoms. The van der Waals surface area contributed by atoms with Crippen LogP contribution in [0.25, 0.3) is 0 Å². The second kappa shape index (κ2) is 8.67. The summed E-state index contributed by atoms with van der Waals surface area (Å²) in [6.45, 7) is 3.66. The van der Waals surface area contributed by atoms with Crippen molar-refractivity contribution in [3.63, 3.8) is 0 Å².